The molecular weight excluding hydrogens is 266 g/mol. The Labute approximate surface area is 119 Å². The van der Waals surface area contributed by atoms with E-state index in [1.807, 2.05) is 0 Å². The maximum absolute atomic E-state index is 8.98. The van der Waals surface area contributed by atoms with E-state index in [1.54, 1.807) is 0 Å². The standard InChI is InChI=1S/C12H22ClN5O/c1-4-6-14-10-16-9(13)17-11(18-10)15-8-12(2,3)5-7-19/h19H,4-8H2,1-3H3,(H2,14,15,16,17,18). The van der Waals surface area contributed by atoms with E-state index in [0.717, 1.165) is 13.0 Å². The van der Waals surface area contributed by atoms with Gasteiger partial charge in [-0.15, -0.1) is 0 Å². The molecule has 0 saturated carbocycles. The third kappa shape index (κ3) is 6.02. The van der Waals surface area contributed by atoms with Gasteiger partial charge in [0.2, 0.25) is 17.2 Å². The highest BCUT2D eigenvalue weighted by atomic mass is 35.5. The molecule has 19 heavy (non-hydrogen) atoms. The largest absolute Gasteiger partial charge is 0.396 e. The summed E-state index contributed by atoms with van der Waals surface area (Å²) in [6, 6.07) is 0. The molecule has 0 radical (unpaired) electrons. The predicted octanol–water partition coefficient (Wildman–Crippen LogP) is 2.17. The van der Waals surface area contributed by atoms with Gasteiger partial charge in [-0.05, 0) is 29.9 Å². The first-order valence-electron chi connectivity index (χ1n) is 6.47. The van der Waals surface area contributed by atoms with Crippen LogP contribution in [0, 0.1) is 5.41 Å². The SMILES string of the molecule is CCCNc1nc(Cl)nc(NCC(C)(C)CCO)n1. The molecule has 1 aromatic heterocycles. The Balaban J connectivity index is 2.65. The second-order valence-electron chi connectivity index (χ2n) is 5.17. The number of halogens is 1. The van der Waals surface area contributed by atoms with Gasteiger partial charge in [-0.3, -0.25) is 0 Å². The third-order valence-corrected chi connectivity index (χ3v) is 2.82. The van der Waals surface area contributed by atoms with Crippen LogP contribution < -0.4 is 10.6 Å². The van der Waals surface area contributed by atoms with Crippen LogP contribution in [0.1, 0.15) is 33.6 Å². The Morgan fingerprint density at radius 3 is 2.37 bits per heavy atom. The molecule has 0 amide bonds. The lowest BCUT2D eigenvalue weighted by atomic mass is 9.90. The molecule has 0 unspecified atom stereocenters. The van der Waals surface area contributed by atoms with Gasteiger partial charge in [-0.25, -0.2) is 0 Å². The molecule has 0 aromatic carbocycles. The minimum Gasteiger partial charge on any atom is -0.396 e. The smallest absolute Gasteiger partial charge is 0.228 e. The third-order valence-electron chi connectivity index (χ3n) is 2.65. The first-order valence-corrected chi connectivity index (χ1v) is 6.85. The fraction of sp³-hybridized carbons (Fsp3) is 0.750. The molecule has 1 rings (SSSR count). The molecule has 0 spiro atoms. The first-order chi connectivity index (χ1) is 8.96. The summed E-state index contributed by atoms with van der Waals surface area (Å²) < 4.78 is 0. The predicted molar refractivity (Wildman–Crippen MR) is 77.6 cm³/mol. The highest BCUT2D eigenvalue weighted by molar-refractivity contribution is 6.28. The molecule has 3 N–H and O–H groups in total. The molecular formula is C12H22ClN5O. The minimum absolute atomic E-state index is 0.0368. The zero-order valence-corrected chi connectivity index (χ0v) is 12.5. The molecule has 6 nitrogen and oxygen atoms in total. The lowest BCUT2D eigenvalue weighted by Gasteiger charge is -2.23. The van der Waals surface area contributed by atoms with Gasteiger partial charge in [0.15, 0.2) is 0 Å². The van der Waals surface area contributed by atoms with E-state index in [0.29, 0.717) is 24.9 Å². The number of aromatic nitrogens is 3. The van der Waals surface area contributed by atoms with Crippen LogP contribution in [0.4, 0.5) is 11.9 Å². The van der Waals surface area contributed by atoms with Crippen LogP contribution in [0.25, 0.3) is 0 Å². The van der Waals surface area contributed by atoms with Crippen LogP contribution in [-0.4, -0.2) is 39.8 Å². The number of aliphatic hydroxyl groups excluding tert-OH is 1. The van der Waals surface area contributed by atoms with E-state index >= 15 is 0 Å². The zero-order chi connectivity index (χ0) is 14.3. The average molecular weight is 288 g/mol. The summed E-state index contributed by atoms with van der Waals surface area (Å²) in [6.07, 6.45) is 1.69. The highest BCUT2D eigenvalue weighted by Gasteiger charge is 2.17. The van der Waals surface area contributed by atoms with E-state index in [1.165, 1.54) is 0 Å². The lowest BCUT2D eigenvalue weighted by molar-refractivity contribution is 0.220. The molecule has 0 saturated heterocycles. The van der Waals surface area contributed by atoms with Gasteiger partial charge < -0.3 is 15.7 Å². The molecule has 7 heteroatoms. The second-order valence-corrected chi connectivity index (χ2v) is 5.51. The Hall–Kier alpha value is -1.14. The molecule has 0 bridgehead atoms. The Morgan fingerprint density at radius 2 is 1.79 bits per heavy atom. The highest BCUT2D eigenvalue weighted by Crippen LogP contribution is 2.20. The van der Waals surface area contributed by atoms with Crippen molar-refractivity contribution < 1.29 is 5.11 Å². The van der Waals surface area contributed by atoms with Crippen molar-refractivity contribution in [1.82, 2.24) is 15.0 Å². The molecule has 0 aliphatic rings. The first kappa shape index (κ1) is 15.9. The van der Waals surface area contributed by atoms with Gasteiger partial charge in [-0.2, -0.15) is 15.0 Å². The maximum Gasteiger partial charge on any atom is 0.228 e. The topological polar surface area (TPSA) is 83.0 Å². The van der Waals surface area contributed by atoms with Crippen molar-refractivity contribution in [2.75, 3.05) is 30.3 Å². The fourth-order valence-electron chi connectivity index (χ4n) is 1.45. The van der Waals surface area contributed by atoms with E-state index in [4.69, 9.17) is 16.7 Å². The van der Waals surface area contributed by atoms with Gasteiger partial charge in [-0.1, -0.05) is 20.8 Å². The van der Waals surface area contributed by atoms with Gasteiger partial charge in [0.1, 0.15) is 0 Å². The normalized spacial score (nSPS) is 11.4. The van der Waals surface area contributed by atoms with Crippen LogP contribution in [0.15, 0.2) is 0 Å². The molecule has 0 aliphatic carbocycles. The zero-order valence-electron chi connectivity index (χ0n) is 11.7. The van der Waals surface area contributed by atoms with Gasteiger partial charge in [0.25, 0.3) is 0 Å². The van der Waals surface area contributed by atoms with Crippen LogP contribution in [0.2, 0.25) is 5.28 Å². The minimum atomic E-state index is -0.0368. The van der Waals surface area contributed by atoms with Crippen LogP contribution in [0.3, 0.4) is 0 Å². The number of nitrogens with one attached hydrogen (secondary N) is 2. The van der Waals surface area contributed by atoms with E-state index in [9.17, 15) is 0 Å². The molecule has 108 valence electrons. The molecule has 0 aliphatic heterocycles. The van der Waals surface area contributed by atoms with Gasteiger partial charge in [0.05, 0.1) is 0 Å². The lowest BCUT2D eigenvalue weighted by Crippen LogP contribution is -2.25. The van der Waals surface area contributed by atoms with Crippen LogP contribution >= 0.6 is 11.6 Å². The monoisotopic (exact) mass is 287 g/mol. The Morgan fingerprint density at radius 1 is 1.16 bits per heavy atom. The Bertz CT molecular complexity index is 400. The van der Waals surface area contributed by atoms with E-state index in [2.05, 4.69) is 46.4 Å². The molecule has 1 heterocycles. The number of aliphatic hydroxyl groups is 1. The summed E-state index contributed by atoms with van der Waals surface area (Å²) in [5.74, 6) is 0.925. The van der Waals surface area contributed by atoms with E-state index in [-0.39, 0.29) is 17.3 Å². The van der Waals surface area contributed by atoms with E-state index < -0.39 is 0 Å². The van der Waals surface area contributed by atoms with Gasteiger partial charge >= 0.3 is 0 Å². The van der Waals surface area contributed by atoms with Crippen molar-refractivity contribution in [3.05, 3.63) is 5.28 Å². The number of nitrogens with zero attached hydrogens (tertiary/aromatic N) is 3. The number of hydrogen-bond acceptors (Lipinski definition) is 6. The van der Waals surface area contributed by atoms with Crippen molar-refractivity contribution >= 4 is 23.5 Å². The summed E-state index contributed by atoms with van der Waals surface area (Å²) in [7, 11) is 0. The van der Waals surface area contributed by atoms with Crippen molar-refractivity contribution in [3.8, 4) is 0 Å². The Kier molecular flexibility index (Phi) is 6.24. The van der Waals surface area contributed by atoms with Crippen LogP contribution in [-0.2, 0) is 0 Å². The number of rotatable bonds is 8. The summed E-state index contributed by atoms with van der Waals surface area (Å²) in [4.78, 5) is 12.3. The molecule has 0 fully saturated rings. The average Bonchev–Trinajstić information content (AvgIpc) is 2.33. The number of anilines is 2. The van der Waals surface area contributed by atoms with Crippen LogP contribution in [0.5, 0.6) is 0 Å². The van der Waals surface area contributed by atoms with Gasteiger partial charge in [0, 0.05) is 19.7 Å². The number of hydrogen-bond donors (Lipinski definition) is 3. The second kappa shape index (κ2) is 7.45. The fourth-order valence-corrected chi connectivity index (χ4v) is 1.61. The maximum atomic E-state index is 8.98. The quantitative estimate of drug-likeness (QED) is 0.680. The molecule has 1 aromatic rings. The summed E-state index contributed by atoms with van der Waals surface area (Å²) in [6.45, 7) is 7.80. The van der Waals surface area contributed by atoms with Crippen molar-refractivity contribution in [1.29, 1.82) is 0 Å². The summed E-state index contributed by atoms with van der Waals surface area (Å²) in [5.41, 5.74) is -0.0368. The van der Waals surface area contributed by atoms with Crippen molar-refractivity contribution in [3.63, 3.8) is 0 Å². The van der Waals surface area contributed by atoms with Crippen molar-refractivity contribution in [2.24, 2.45) is 5.41 Å². The molecule has 0 atom stereocenters. The van der Waals surface area contributed by atoms with Crippen molar-refractivity contribution in [2.45, 2.75) is 33.6 Å². The summed E-state index contributed by atoms with van der Waals surface area (Å²) in [5, 5.41) is 15.3. The summed E-state index contributed by atoms with van der Waals surface area (Å²) >= 11 is 5.86.